The summed E-state index contributed by atoms with van der Waals surface area (Å²) < 4.78 is 15.8. The molecule has 0 unspecified atom stereocenters. The van der Waals surface area contributed by atoms with E-state index >= 15 is 0 Å². The van der Waals surface area contributed by atoms with Gasteiger partial charge in [0.15, 0.2) is 5.78 Å². The number of Topliss-reactive ketones (excluding diaryl/α,β-unsaturated/α-hetero) is 1. The number of aryl methyl sites for hydroxylation is 1. The Labute approximate surface area is 159 Å². The fraction of sp³-hybridized carbons (Fsp3) is 0.522. The van der Waals surface area contributed by atoms with E-state index in [-0.39, 0.29) is 11.4 Å². The molecule has 1 aromatic carbocycles. The van der Waals surface area contributed by atoms with Crippen LogP contribution in [0, 0.1) is 5.82 Å². The number of hydrogen-bond acceptors (Lipinski definition) is 2. The first-order valence-electron chi connectivity index (χ1n) is 10.4. The number of benzene rings is 1. The Bertz CT molecular complexity index is 916. The molecule has 0 atom stereocenters. The summed E-state index contributed by atoms with van der Waals surface area (Å²) in [5.41, 5.74) is 3.46. The van der Waals surface area contributed by atoms with E-state index in [4.69, 9.17) is 0 Å². The molecule has 1 saturated carbocycles. The summed E-state index contributed by atoms with van der Waals surface area (Å²) in [4.78, 5) is 15.6. The molecule has 0 radical (unpaired) electrons. The molecule has 27 heavy (non-hydrogen) atoms. The van der Waals surface area contributed by atoms with Crippen molar-refractivity contribution < 1.29 is 9.18 Å². The third-order valence-electron chi connectivity index (χ3n) is 6.80. The standard InChI is InChI=1S/C23H27FN2O/c24-19-5-7-21-18(15-19)16-20-6-4-17(8-13-26(20)21)14-22(27)23(9-10-23)25-11-2-1-3-12-25/h4-5,7,15-16H,1-3,6,8-14H2. The highest BCUT2D eigenvalue weighted by Gasteiger charge is 2.53. The Hall–Kier alpha value is -1.94. The summed E-state index contributed by atoms with van der Waals surface area (Å²) in [5.74, 6) is 0.256. The highest BCUT2D eigenvalue weighted by molar-refractivity contribution is 5.93. The minimum Gasteiger partial charge on any atom is -0.344 e. The van der Waals surface area contributed by atoms with Crippen molar-refractivity contribution in [2.75, 3.05) is 13.1 Å². The molecule has 142 valence electrons. The lowest BCUT2D eigenvalue weighted by atomic mass is 9.96. The number of fused-ring (bicyclic) bond motifs is 3. The predicted molar refractivity (Wildman–Crippen MR) is 105 cm³/mol. The lowest BCUT2D eigenvalue weighted by molar-refractivity contribution is -0.125. The van der Waals surface area contributed by atoms with Crippen LogP contribution >= 0.6 is 0 Å². The third-order valence-corrected chi connectivity index (χ3v) is 6.80. The van der Waals surface area contributed by atoms with E-state index in [0.29, 0.717) is 12.2 Å². The van der Waals surface area contributed by atoms with Crippen LogP contribution in [-0.4, -0.2) is 33.9 Å². The molecule has 2 aliphatic heterocycles. The largest absolute Gasteiger partial charge is 0.344 e. The minimum atomic E-state index is -0.183. The first-order valence-corrected chi connectivity index (χ1v) is 10.4. The van der Waals surface area contributed by atoms with Crippen molar-refractivity contribution in [3.05, 3.63) is 47.4 Å². The number of ketones is 1. The van der Waals surface area contributed by atoms with E-state index in [1.54, 1.807) is 6.07 Å². The Kier molecular flexibility index (Phi) is 4.19. The highest BCUT2D eigenvalue weighted by atomic mass is 19.1. The lowest BCUT2D eigenvalue weighted by Crippen LogP contribution is -2.46. The van der Waals surface area contributed by atoms with Crippen LogP contribution in [-0.2, 0) is 17.8 Å². The van der Waals surface area contributed by atoms with Crippen molar-refractivity contribution in [2.45, 2.75) is 63.5 Å². The number of aromatic nitrogens is 1. The van der Waals surface area contributed by atoms with Crippen LogP contribution in [0.25, 0.3) is 10.9 Å². The van der Waals surface area contributed by atoms with Crippen LogP contribution < -0.4 is 0 Å². The van der Waals surface area contributed by atoms with Crippen LogP contribution in [0.3, 0.4) is 0 Å². The number of piperidine rings is 1. The summed E-state index contributed by atoms with van der Waals surface area (Å²) >= 11 is 0. The SMILES string of the molecule is O=C(CC1=CCc2cc3cc(F)ccc3n2CC1)C1(N2CCCCC2)CC1. The molecular weight excluding hydrogens is 339 g/mol. The number of allylic oxidation sites excluding steroid dienone is 2. The van der Waals surface area contributed by atoms with Gasteiger partial charge in [0.2, 0.25) is 0 Å². The van der Waals surface area contributed by atoms with Crippen molar-refractivity contribution in [2.24, 2.45) is 0 Å². The molecule has 3 heterocycles. The van der Waals surface area contributed by atoms with Crippen LogP contribution in [0.4, 0.5) is 4.39 Å². The molecule has 3 aliphatic rings. The first-order chi connectivity index (χ1) is 13.2. The van der Waals surface area contributed by atoms with Gasteiger partial charge in [0.1, 0.15) is 5.82 Å². The van der Waals surface area contributed by atoms with Gasteiger partial charge >= 0.3 is 0 Å². The molecule has 2 aromatic rings. The maximum absolute atomic E-state index is 13.5. The van der Waals surface area contributed by atoms with E-state index in [1.165, 1.54) is 36.6 Å². The van der Waals surface area contributed by atoms with Crippen LogP contribution in [0.5, 0.6) is 0 Å². The number of halogens is 1. The molecule has 0 spiro atoms. The number of likely N-dealkylation sites (tertiary alicyclic amines) is 1. The maximum Gasteiger partial charge on any atom is 0.157 e. The number of rotatable bonds is 4. The van der Waals surface area contributed by atoms with Gasteiger partial charge < -0.3 is 4.57 Å². The summed E-state index contributed by atoms with van der Waals surface area (Å²) in [7, 11) is 0. The van der Waals surface area contributed by atoms with Gasteiger partial charge in [0, 0.05) is 36.0 Å². The lowest BCUT2D eigenvalue weighted by Gasteiger charge is -2.34. The Morgan fingerprint density at radius 2 is 1.89 bits per heavy atom. The average molecular weight is 366 g/mol. The Balaban J connectivity index is 1.31. The fourth-order valence-electron chi connectivity index (χ4n) is 5.08. The van der Waals surface area contributed by atoms with Gasteiger partial charge in [-0.05, 0) is 69.5 Å². The van der Waals surface area contributed by atoms with Crippen molar-refractivity contribution in [3.63, 3.8) is 0 Å². The summed E-state index contributed by atoms with van der Waals surface area (Å²) in [6.45, 7) is 3.07. The monoisotopic (exact) mass is 366 g/mol. The molecule has 0 amide bonds. The molecule has 2 fully saturated rings. The number of nitrogens with zero attached hydrogens (tertiary/aromatic N) is 2. The van der Waals surface area contributed by atoms with E-state index < -0.39 is 0 Å². The molecule has 1 aromatic heterocycles. The second kappa shape index (κ2) is 6.59. The number of carbonyl (C=O) groups excluding carboxylic acids is 1. The second-order valence-corrected chi connectivity index (χ2v) is 8.49. The molecule has 1 saturated heterocycles. The van der Waals surface area contributed by atoms with Crippen LogP contribution in [0.15, 0.2) is 35.9 Å². The summed E-state index contributed by atoms with van der Waals surface area (Å²) in [6.07, 6.45) is 10.5. The second-order valence-electron chi connectivity index (χ2n) is 8.49. The van der Waals surface area contributed by atoms with Gasteiger partial charge in [-0.15, -0.1) is 0 Å². The van der Waals surface area contributed by atoms with E-state index in [2.05, 4.69) is 21.6 Å². The Morgan fingerprint density at radius 1 is 1.07 bits per heavy atom. The molecule has 4 heteroatoms. The molecule has 3 nitrogen and oxygen atoms in total. The summed E-state index contributed by atoms with van der Waals surface area (Å²) in [5, 5.41) is 0.972. The van der Waals surface area contributed by atoms with Crippen molar-refractivity contribution in [1.29, 1.82) is 0 Å². The fourth-order valence-corrected chi connectivity index (χ4v) is 5.08. The minimum absolute atomic E-state index is 0.132. The number of hydrogen-bond donors (Lipinski definition) is 0. The molecule has 1 aliphatic carbocycles. The van der Waals surface area contributed by atoms with Crippen LogP contribution in [0.2, 0.25) is 0 Å². The molecular formula is C23H27FN2O. The zero-order valence-electron chi connectivity index (χ0n) is 15.8. The normalized spacial score (nSPS) is 22.2. The third kappa shape index (κ3) is 3.04. The zero-order chi connectivity index (χ0) is 18.4. The van der Waals surface area contributed by atoms with Gasteiger partial charge in [-0.2, -0.15) is 0 Å². The smallest absolute Gasteiger partial charge is 0.157 e. The van der Waals surface area contributed by atoms with E-state index in [1.807, 2.05) is 6.07 Å². The van der Waals surface area contributed by atoms with Gasteiger partial charge in [-0.25, -0.2) is 4.39 Å². The topological polar surface area (TPSA) is 25.2 Å². The maximum atomic E-state index is 13.5. The van der Waals surface area contributed by atoms with Gasteiger partial charge in [0.05, 0.1) is 5.54 Å². The Morgan fingerprint density at radius 3 is 2.67 bits per heavy atom. The van der Waals surface area contributed by atoms with Crippen LogP contribution in [0.1, 0.15) is 50.6 Å². The molecule has 0 N–H and O–H groups in total. The summed E-state index contributed by atoms with van der Waals surface area (Å²) in [6, 6.07) is 7.12. The van der Waals surface area contributed by atoms with Gasteiger partial charge in [0.25, 0.3) is 0 Å². The number of carbonyl (C=O) groups is 1. The van der Waals surface area contributed by atoms with Crippen molar-refractivity contribution in [1.82, 2.24) is 9.47 Å². The average Bonchev–Trinajstić information content (AvgIpc) is 3.45. The first kappa shape index (κ1) is 17.2. The van der Waals surface area contributed by atoms with E-state index in [0.717, 1.165) is 56.2 Å². The zero-order valence-corrected chi connectivity index (χ0v) is 15.8. The van der Waals surface area contributed by atoms with E-state index in [9.17, 15) is 9.18 Å². The van der Waals surface area contributed by atoms with Crippen molar-refractivity contribution >= 4 is 16.7 Å². The predicted octanol–water partition coefficient (Wildman–Crippen LogP) is 4.63. The molecule has 0 bridgehead atoms. The van der Waals surface area contributed by atoms with Crippen molar-refractivity contribution in [3.8, 4) is 0 Å². The van der Waals surface area contributed by atoms with Gasteiger partial charge in [-0.1, -0.05) is 18.1 Å². The quantitative estimate of drug-likeness (QED) is 0.737. The van der Waals surface area contributed by atoms with Gasteiger partial charge in [-0.3, -0.25) is 9.69 Å². The highest BCUT2D eigenvalue weighted by Crippen LogP contribution is 2.45. The molecule has 5 rings (SSSR count).